The first kappa shape index (κ1) is 23.7. The van der Waals surface area contributed by atoms with Gasteiger partial charge in [0.2, 0.25) is 5.91 Å². The van der Waals surface area contributed by atoms with Gasteiger partial charge in [0, 0.05) is 34.6 Å². The molecule has 4 aromatic heterocycles. The number of H-pyrrole nitrogens is 1. The van der Waals surface area contributed by atoms with Gasteiger partial charge in [-0.3, -0.25) is 9.69 Å². The van der Waals surface area contributed by atoms with Gasteiger partial charge in [-0.15, -0.1) is 11.3 Å². The highest BCUT2D eigenvalue weighted by molar-refractivity contribution is 7.19. The van der Waals surface area contributed by atoms with Crippen LogP contribution in [-0.4, -0.2) is 57.1 Å². The monoisotopic (exact) mass is 504 g/mol. The van der Waals surface area contributed by atoms with Crippen LogP contribution >= 0.6 is 11.3 Å². The van der Waals surface area contributed by atoms with Crippen LogP contribution in [-0.2, 0) is 17.6 Å². The van der Waals surface area contributed by atoms with Gasteiger partial charge in [0.25, 0.3) is 0 Å². The van der Waals surface area contributed by atoms with E-state index in [0.717, 1.165) is 50.2 Å². The van der Waals surface area contributed by atoms with Gasteiger partial charge in [0.1, 0.15) is 10.7 Å². The standard InChI is InChI=1S/C28H36N6OS/c1-15(2)23-24-16(3)26(18-9-11-33(12-10-18)14-22(35)29-5)36-28(24)31-25(23)21-13-34-27(30-17(4)32-34)20-8-6-7-19(20)21/h13,15,18,31H,6-12,14H2,1-5H3,(H,29,35). The molecule has 0 atom stereocenters. The smallest absolute Gasteiger partial charge is 0.233 e. The quantitative estimate of drug-likeness (QED) is 0.397. The van der Waals surface area contributed by atoms with Gasteiger partial charge in [-0.1, -0.05) is 13.8 Å². The van der Waals surface area contributed by atoms with Crippen LogP contribution in [0.5, 0.6) is 0 Å². The van der Waals surface area contributed by atoms with E-state index in [-0.39, 0.29) is 5.91 Å². The molecule has 36 heavy (non-hydrogen) atoms. The van der Waals surface area contributed by atoms with E-state index in [1.165, 1.54) is 55.0 Å². The number of likely N-dealkylation sites (N-methyl/N-ethyl adjacent to an activating group) is 1. The molecule has 0 saturated carbocycles. The Bertz CT molecular complexity index is 1470. The summed E-state index contributed by atoms with van der Waals surface area (Å²) in [6, 6.07) is 0. The maximum atomic E-state index is 11.8. The van der Waals surface area contributed by atoms with Crippen molar-refractivity contribution < 1.29 is 4.79 Å². The highest BCUT2D eigenvalue weighted by Gasteiger charge is 2.30. The maximum absolute atomic E-state index is 11.8. The van der Waals surface area contributed by atoms with Crippen molar-refractivity contribution in [3.63, 3.8) is 0 Å². The van der Waals surface area contributed by atoms with Crippen molar-refractivity contribution in [2.75, 3.05) is 26.7 Å². The van der Waals surface area contributed by atoms with E-state index in [1.807, 2.05) is 22.8 Å². The second-order valence-corrected chi connectivity index (χ2v) is 11.9. The Morgan fingerprint density at radius 1 is 1.22 bits per heavy atom. The van der Waals surface area contributed by atoms with Gasteiger partial charge in [-0.25, -0.2) is 9.50 Å². The van der Waals surface area contributed by atoms with E-state index in [4.69, 9.17) is 4.98 Å². The predicted octanol–water partition coefficient (Wildman–Crippen LogP) is 5.09. The highest BCUT2D eigenvalue weighted by atomic mass is 32.1. The first-order chi connectivity index (χ1) is 17.4. The molecule has 1 aliphatic heterocycles. The minimum absolute atomic E-state index is 0.105. The van der Waals surface area contributed by atoms with Crippen molar-refractivity contribution in [2.45, 2.75) is 71.6 Å². The summed E-state index contributed by atoms with van der Waals surface area (Å²) >= 11 is 1.95. The van der Waals surface area contributed by atoms with Crippen LogP contribution in [0.15, 0.2) is 6.20 Å². The molecule has 0 aromatic carbocycles. The largest absolute Gasteiger partial charge is 0.358 e. The molecular formula is C28H36N6OS. The molecule has 0 spiro atoms. The number of pyridine rings is 1. The van der Waals surface area contributed by atoms with Crippen LogP contribution in [0.1, 0.15) is 77.9 Å². The number of piperidine rings is 1. The number of aromatic amines is 1. The number of thiophene rings is 1. The molecule has 0 bridgehead atoms. The average Bonchev–Trinajstić information content (AvgIpc) is 3.62. The minimum atomic E-state index is 0.105. The number of hydrogen-bond acceptors (Lipinski definition) is 5. The van der Waals surface area contributed by atoms with Crippen molar-refractivity contribution in [1.29, 1.82) is 0 Å². The molecule has 1 saturated heterocycles. The van der Waals surface area contributed by atoms with Crippen molar-refractivity contribution >= 4 is 33.1 Å². The fourth-order valence-corrected chi connectivity index (χ4v) is 7.89. The van der Waals surface area contributed by atoms with Crippen LogP contribution in [0, 0.1) is 13.8 Å². The number of carbonyl (C=O) groups excluding carboxylic acids is 1. The number of nitrogens with zero attached hydrogens (tertiary/aromatic N) is 4. The second-order valence-electron chi connectivity index (χ2n) is 10.9. The van der Waals surface area contributed by atoms with Gasteiger partial charge in [-0.05, 0) is 87.6 Å². The van der Waals surface area contributed by atoms with E-state index in [1.54, 1.807) is 7.05 Å². The third-order valence-corrected chi connectivity index (χ3v) is 9.58. The number of amides is 1. The Balaban J connectivity index is 1.40. The lowest BCUT2D eigenvalue weighted by Gasteiger charge is -2.31. The summed E-state index contributed by atoms with van der Waals surface area (Å²) in [6.45, 7) is 11.4. The number of aromatic nitrogens is 4. The van der Waals surface area contributed by atoms with Gasteiger partial charge in [0.05, 0.1) is 12.2 Å². The summed E-state index contributed by atoms with van der Waals surface area (Å²) < 4.78 is 2.00. The Morgan fingerprint density at radius 2 is 1.97 bits per heavy atom. The molecule has 6 rings (SSSR count). The zero-order valence-electron chi connectivity index (χ0n) is 22.0. The fraction of sp³-hybridized carbons (Fsp3) is 0.536. The van der Waals surface area contributed by atoms with Crippen molar-refractivity contribution in [3.05, 3.63) is 39.2 Å². The lowest BCUT2D eigenvalue weighted by Crippen LogP contribution is -2.40. The Labute approximate surface area is 216 Å². The number of rotatable bonds is 5. The zero-order valence-corrected chi connectivity index (χ0v) is 22.8. The molecule has 5 heterocycles. The average molecular weight is 505 g/mol. The molecule has 2 N–H and O–H groups in total. The Hall–Kier alpha value is -2.71. The van der Waals surface area contributed by atoms with E-state index >= 15 is 0 Å². The lowest BCUT2D eigenvalue weighted by atomic mass is 9.90. The molecule has 0 radical (unpaired) electrons. The van der Waals surface area contributed by atoms with E-state index in [2.05, 4.69) is 47.3 Å². The minimum Gasteiger partial charge on any atom is -0.358 e. The molecule has 190 valence electrons. The van der Waals surface area contributed by atoms with Crippen molar-refractivity contribution in [3.8, 4) is 11.3 Å². The van der Waals surface area contributed by atoms with Gasteiger partial charge >= 0.3 is 0 Å². The molecule has 0 unspecified atom stereocenters. The van der Waals surface area contributed by atoms with Gasteiger partial charge < -0.3 is 10.3 Å². The third kappa shape index (κ3) is 3.77. The highest BCUT2D eigenvalue weighted by Crippen LogP contribution is 2.47. The van der Waals surface area contributed by atoms with Crippen molar-refractivity contribution in [2.24, 2.45) is 0 Å². The van der Waals surface area contributed by atoms with Gasteiger partial charge in [0.15, 0.2) is 5.65 Å². The van der Waals surface area contributed by atoms with E-state index in [9.17, 15) is 4.79 Å². The van der Waals surface area contributed by atoms with Crippen molar-refractivity contribution in [1.82, 2.24) is 29.8 Å². The summed E-state index contributed by atoms with van der Waals surface area (Å²) in [5.41, 5.74) is 9.32. The molecule has 4 aromatic rings. The lowest BCUT2D eigenvalue weighted by molar-refractivity contribution is -0.122. The fourth-order valence-electron chi connectivity index (χ4n) is 6.49. The molecule has 1 aliphatic carbocycles. The molecular weight excluding hydrogens is 468 g/mol. The van der Waals surface area contributed by atoms with Crippen LogP contribution in [0.3, 0.4) is 0 Å². The third-order valence-electron chi connectivity index (χ3n) is 8.21. The van der Waals surface area contributed by atoms with E-state index in [0.29, 0.717) is 18.4 Å². The van der Waals surface area contributed by atoms with Gasteiger partial charge in [-0.2, -0.15) is 5.10 Å². The SMILES string of the molecule is CNC(=O)CN1CCC(c2sc3[nH]c(-c4cn5nc(C)nc5c5c4CCC5)c(C(C)C)c3c2C)CC1. The van der Waals surface area contributed by atoms with Crippen LogP contribution < -0.4 is 5.32 Å². The predicted molar refractivity (Wildman–Crippen MR) is 146 cm³/mol. The molecule has 7 nitrogen and oxygen atoms in total. The number of fused-ring (bicyclic) bond motifs is 4. The number of nitrogens with one attached hydrogen (secondary N) is 2. The molecule has 1 amide bonds. The first-order valence-corrected chi connectivity index (χ1v) is 14.1. The second kappa shape index (κ2) is 8.99. The molecule has 2 aliphatic rings. The summed E-state index contributed by atoms with van der Waals surface area (Å²) in [7, 11) is 1.71. The number of aryl methyl sites for hydroxylation is 3. The van der Waals surface area contributed by atoms with Crippen LogP contribution in [0.25, 0.3) is 27.1 Å². The normalized spacial score (nSPS) is 17.1. The van der Waals surface area contributed by atoms with Crippen LogP contribution in [0.2, 0.25) is 0 Å². The maximum Gasteiger partial charge on any atom is 0.233 e. The first-order valence-electron chi connectivity index (χ1n) is 13.3. The zero-order chi connectivity index (χ0) is 25.1. The number of likely N-dealkylation sites (tertiary alicyclic amines) is 1. The summed E-state index contributed by atoms with van der Waals surface area (Å²) in [5, 5.41) is 8.85. The van der Waals surface area contributed by atoms with Crippen LogP contribution in [0.4, 0.5) is 0 Å². The van der Waals surface area contributed by atoms with E-state index < -0.39 is 0 Å². The summed E-state index contributed by atoms with van der Waals surface area (Å²) in [5.74, 6) is 1.92. The number of carbonyl (C=O) groups is 1. The summed E-state index contributed by atoms with van der Waals surface area (Å²) in [6.07, 6.45) is 7.80. The Morgan fingerprint density at radius 3 is 2.69 bits per heavy atom. The Kier molecular flexibility index (Phi) is 5.91. The summed E-state index contributed by atoms with van der Waals surface area (Å²) in [4.78, 5) is 25.5. The molecule has 1 fully saturated rings. The molecule has 8 heteroatoms. The number of hydrogen-bond donors (Lipinski definition) is 2. The topological polar surface area (TPSA) is 78.3 Å².